The van der Waals surface area contributed by atoms with Gasteiger partial charge in [-0.25, -0.2) is 0 Å². The van der Waals surface area contributed by atoms with E-state index < -0.39 is 5.97 Å². The van der Waals surface area contributed by atoms with Crippen molar-refractivity contribution in [3.63, 3.8) is 0 Å². The van der Waals surface area contributed by atoms with E-state index in [1.165, 1.54) is 64.2 Å². The zero-order valence-corrected chi connectivity index (χ0v) is 13.9. The number of carbonyl (C=O) groups is 1. The molecule has 0 spiro atoms. The van der Waals surface area contributed by atoms with Crippen molar-refractivity contribution in [1.29, 1.82) is 0 Å². The van der Waals surface area contributed by atoms with Crippen LogP contribution in [0, 0.1) is 17.8 Å². The molecule has 2 fully saturated rings. The molecule has 0 radical (unpaired) electrons. The van der Waals surface area contributed by atoms with Gasteiger partial charge < -0.3 is 5.11 Å². The number of halogens is 1. The second kappa shape index (κ2) is 9.65. The fraction of sp³-hybridized carbons (Fsp3) is 0.941. The van der Waals surface area contributed by atoms with Crippen LogP contribution in [0.4, 0.5) is 0 Å². The first-order valence-electron chi connectivity index (χ1n) is 8.36. The van der Waals surface area contributed by atoms with E-state index in [0.717, 1.165) is 24.7 Å². The normalized spacial score (nSPS) is 34.0. The smallest absolute Gasteiger partial charge is 0.300 e. The molecule has 0 heterocycles. The Bertz CT molecular complexity index is 260. The molecule has 118 valence electrons. The lowest BCUT2D eigenvalue weighted by molar-refractivity contribution is -0.134. The van der Waals surface area contributed by atoms with E-state index in [1.807, 2.05) is 0 Å². The van der Waals surface area contributed by atoms with Crippen LogP contribution in [0.25, 0.3) is 0 Å². The highest BCUT2D eigenvalue weighted by atomic mass is 35.5. The second-order valence-electron chi connectivity index (χ2n) is 6.60. The van der Waals surface area contributed by atoms with Gasteiger partial charge in [0.05, 0.1) is 0 Å². The quantitative estimate of drug-likeness (QED) is 0.701. The van der Waals surface area contributed by atoms with Crippen molar-refractivity contribution in [2.75, 3.05) is 0 Å². The minimum absolute atomic E-state index is 0.493. The Morgan fingerprint density at radius 3 is 1.80 bits per heavy atom. The van der Waals surface area contributed by atoms with E-state index in [0.29, 0.717) is 5.38 Å². The van der Waals surface area contributed by atoms with E-state index in [4.69, 9.17) is 21.5 Å². The molecule has 20 heavy (non-hydrogen) atoms. The third kappa shape index (κ3) is 6.97. The minimum Gasteiger partial charge on any atom is -0.481 e. The molecule has 3 heteroatoms. The van der Waals surface area contributed by atoms with Crippen molar-refractivity contribution in [3.8, 4) is 0 Å². The monoisotopic (exact) mass is 302 g/mol. The summed E-state index contributed by atoms with van der Waals surface area (Å²) in [4.78, 5) is 9.00. The molecule has 0 saturated heterocycles. The van der Waals surface area contributed by atoms with Crippen LogP contribution in [-0.2, 0) is 4.79 Å². The van der Waals surface area contributed by atoms with Gasteiger partial charge in [-0.2, -0.15) is 0 Å². The Kier molecular flexibility index (Phi) is 8.60. The number of carboxylic acids is 1. The van der Waals surface area contributed by atoms with Gasteiger partial charge in [0.15, 0.2) is 0 Å². The van der Waals surface area contributed by atoms with Gasteiger partial charge in [0.2, 0.25) is 0 Å². The number of hydrogen-bond donors (Lipinski definition) is 1. The summed E-state index contributed by atoms with van der Waals surface area (Å²) in [6.07, 6.45) is 14.3. The molecule has 2 aliphatic carbocycles. The van der Waals surface area contributed by atoms with E-state index >= 15 is 0 Å². The topological polar surface area (TPSA) is 37.3 Å². The standard InChI is InChI=1S/C15H27Cl.C2H4O2/c1-2-3-12-4-6-13(7-5-12)14-8-10-15(16)11-9-14;1-2(3)4/h12-15H,2-11H2,1H3;1H3,(H,3,4). The van der Waals surface area contributed by atoms with Crippen molar-refractivity contribution < 1.29 is 9.90 Å². The lowest BCUT2D eigenvalue weighted by atomic mass is 9.70. The van der Waals surface area contributed by atoms with Crippen LogP contribution in [0.5, 0.6) is 0 Å². The van der Waals surface area contributed by atoms with Crippen LogP contribution >= 0.6 is 11.6 Å². The molecule has 2 nitrogen and oxygen atoms in total. The molecule has 0 unspecified atom stereocenters. The van der Waals surface area contributed by atoms with Gasteiger partial charge in [-0.1, -0.05) is 32.6 Å². The molecule has 2 rings (SSSR count). The second-order valence-corrected chi connectivity index (χ2v) is 7.22. The van der Waals surface area contributed by atoms with E-state index in [9.17, 15) is 0 Å². The first-order valence-corrected chi connectivity index (χ1v) is 8.80. The Morgan fingerprint density at radius 1 is 1.00 bits per heavy atom. The highest BCUT2D eigenvalue weighted by Gasteiger charge is 2.29. The lowest BCUT2D eigenvalue weighted by Crippen LogP contribution is -2.25. The van der Waals surface area contributed by atoms with Crippen molar-refractivity contribution in [2.24, 2.45) is 17.8 Å². The number of alkyl halides is 1. The largest absolute Gasteiger partial charge is 0.481 e. The fourth-order valence-electron chi connectivity index (χ4n) is 3.91. The van der Waals surface area contributed by atoms with Crippen LogP contribution in [-0.4, -0.2) is 16.5 Å². The van der Waals surface area contributed by atoms with Gasteiger partial charge in [-0.05, 0) is 56.3 Å². The summed E-state index contributed by atoms with van der Waals surface area (Å²) in [5.41, 5.74) is 0. The van der Waals surface area contributed by atoms with Crippen LogP contribution in [0.15, 0.2) is 0 Å². The van der Waals surface area contributed by atoms with Crippen molar-refractivity contribution in [1.82, 2.24) is 0 Å². The third-order valence-electron chi connectivity index (χ3n) is 4.96. The van der Waals surface area contributed by atoms with Crippen LogP contribution in [0.3, 0.4) is 0 Å². The van der Waals surface area contributed by atoms with Crippen molar-refractivity contribution >= 4 is 17.6 Å². The van der Waals surface area contributed by atoms with Crippen molar-refractivity contribution in [3.05, 3.63) is 0 Å². The molecule has 0 aromatic carbocycles. The van der Waals surface area contributed by atoms with Gasteiger partial charge in [0.25, 0.3) is 5.97 Å². The number of rotatable bonds is 3. The molecule has 0 aromatic heterocycles. The van der Waals surface area contributed by atoms with Crippen LogP contribution in [0.1, 0.15) is 78.1 Å². The molecular formula is C17H31ClO2. The first-order chi connectivity index (χ1) is 9.52. The Hall–Kier alpha value is -0.240. The molecular weight excluding hydrogens is 272 g/mol. The van der Waals surface area contributed by atoms with Crippen molar-refractivity contribution in [2.45, 2.75) is 83.4 Å². The van der Waals surface area contributed by atoms with Crippen LogP contribution < -0.4 is 0 Å². The summed E-state index contributed by atoms with van der Waals surface area (Å²) in [6.45, 7) is 3.41. The summed E-state index contributed by atoms with van der Waals surface area (Å²) < 4.78 is 0. The maximum Gasteiger partial charge on any atom is 0.300 e. The molecule has 2 aliphatic rings. The SMILES string of the molecule is CC(=O)O.CCCC1CCC(C2CCC(Cl)CC2)CC1. The molecule has 1 N–H and O–H groups in total. The predicted octanol–water partition coefficient (Wildman–Crippen LogP) is 5.48. The summed E-state index contributed by atoms with van der Waals surface area (Å²) >= 11 is 6.19. The number of carboxylic acid groups (broad SMARTS) is 1. The highest BCUT2D eigenvalue weighted by molar-refractivity contribution is 6.20. The van der Waals surface area contributed by atoms with Gasteiger partial charge >= 0.3 is 0 Å². The molecule has 0 atom stereocenters. The first kappa shape index (κ1) is 17.8. The van der Waals surface area contributed by atoms with E-state index in [2.05, 4.69) is 6.92 Å². The van der Waals surface area contributed by atoms with Gasteiger partial charge in [-0.15, -0.1) is 11.6 Å². The maximum absolute atomic E-state index is 9.00. The molecule has 0 amide bonds. The average molecular weight is 303 g/mol. The molecule has 0 bridgehead atoms. The Labute approximate surface area is 129 Å². The lowest BCUT2D eigenvalue weighted by Gasteiger charge is -2.36. The van der Waals surface area contributed by atoms with Gasteiger partial charge in [-0.3, -0.25) is 4.79 Å². The molecule has 2 saturated carbocycles. The Morgan fingerprint density at radius 2 is 1.40 bits per heavy atom. The summed E-state index contributed by atoms with van der Waals surface area (Å²) in [7, 11) is 0. The molecule has 0 aromatic rings. The van der Waals surface area contributed by atoms with E-state index in [-0.39, 0.29) is 0 Å². The molecule has 0 aliphatic heterocycles. The maximum atomic E-state index is 9.00. The average Bonchev–Trinajstić information content (AvgIpc) is 2.40. The highest BCUT2D eigenvalue weighted by Crippen LogP contribution is 2.41. The zero-order valence-electron chi connectivity index (χ0n) is 13.1. The summed E-state index contributed by atoms with van der Waals surface area (Å²) in [6, 6.07) is 0. The Balaban J connectivity index is 0.000000444. The van der Waals surface area contributed by atoms with Crippen LogP contribution in [0.2, 0.25) is 0 Å². The third-order valence-corrected chi connectivity index (χ3v) is 5.39. The van der Waals surface area contributed by atoms with E-state index in [1.54, 1.807) is 0 Å². The number of aliphatic carboxylic acids is 1. The minimum atomic E-state index is -0.833. The van der Waals surface area contributed by atoms with Gasteiger partial charge in [0.1, 0.15) is 0 Å². The summed E-state index contributed by atoms with van der Waals surface area (Å²) in [5.74, 6) is 2.31. The zero-order chi connectivity index (χ0) is 15.0. The van der Waals surface area contributed by atoms with Gasteiger partial charge in [0, 0.05) is 12.3 Å². The fourth-order valence-corrected chi connectivity index (χ4v) is 4.16. The number of hydrogen-bond acceptors (Lipinski definition) is 1. The predicted molar refractivity (Wildman–Crippen MR) is 85.3 cm³/mol. The summed E-state index contributed by atoms with van der Waals surface area (Å²) in [5, 5.41) is 7.91.